The van der Waals surface area contributed by atoms with Crippen LogP contribution in [0.15, 0.2) is 0 Å². The average molecular weight is 448 g/mol. The molecule has 30 heavy (non-hydrogen) atoms. The number of aliphatic carboxylic acids is 1. The van der Waals surface area contributed by atoms with Gasteiger partial charge in [-0.05, 0) is 19.3 Å². The summed E-state index contributed by atoms with van der Waals surface area (Å²) in [7, 11) is 0.999. The molecule has 0 amide bonds. The quantitative estimate of drug-likeness (QED) is 0.145. The Bertz CT molecular complexity index is 564. The first-order valence-corrected chi connectivity index (χ1v) is 12.6. The number of carboxylic acids is 1. The molecule has 0 aliphatic heterocycles. The molecular formula is C22H42NO6P. The van der Waals surface area contributed by atoms with E-state index >= 15 is 0 Å². The summed E-state index contributed by atoms with van der Waals surface area (Å²) in [5.41, 5.74) is 0. The number of rotatable bonds is 18. The molecular weight excluding hydrogens is 405 g/mol. The van der Waals surface area contributed by atoms with Crippen LogP contribution in [0.1, 0.15) is 84.0 Å². The van der Waals surface area contributed by atoms with Gasteiger partial charge in [0.05, 0.1) is 34.2 Å². The van der Waals surface area contributed by atoms with Crippen molar-refractivity contribution >= 4 is 13.8 Å². The van der Waals surface area contributed by atoms with Gasteiger partial charge in [-0.3, -0.25) is 9.36 Å². The minimum atomic E-state index is -4.52. The van der Waals surface area contributed by atoms with Crippen molar-refractivity contribution in [3.05, 3.63) is 0 Å². The Morgan fingerprint density at radius 2 is 1.53 bits per heavy atom. The van der Waals surface area contributed by atoms with Crippen LogP contribution in [0.25, 0.3) is 0 Å². The van der Waals surface area contributed by atoms with Crippen molar-refractivity contribution in [3.63, 3.8) is 0 Å². The molecule has 8 heteroatoms. The molecule has 0 aromatic heterocycles. The number of phosphoric acid groups is 1. The first-order valence-electron chi connectivity index (χ1n) is 11.2. The van der Waals surface area contributed by atoms with Crippen LogP contribution < -0.4 is 4.89 Å². The van der Waals surface area contributed by atoms with E-state index in [1.54, 1.807) is 0 Å². The molecule has 1 unspecified atom stereocenters. The number of nitrogens with zero attached hydrogens (tertiary/aromatic N) is 1. The van der Waals surface area contributed by atoms with Gasteiger partial charge in [0.2, 0.25) is 0 Å². The highest BCUT2D eigenvalue weighted by Crippen LogP contribution is 2.40. The van der Waals surface area contributed by atoms with Gasteiger partial charge >= 0.3 is 5.97 Å². The molecule has 0 aliphatic carbocycles. The van der Waals surface area contributed by atoms with E-state index in [2.05, 4.69) is 18.8 Å². The number of phosphoric ester groups is 1. The highest BCUT2D eigenvalue weighted by molar-refractivity contribution is 7.45. The molecule has 0 fully saturated rings. The molecule has 0 rings (SSSR count). The third-order valence-electron chi connectivity index (χ3n) is 4.41. The summed E-state index contributed by atoms with van der Waals surface area (Å²) < 4.78 is 22.3. The molecule has 0 heterocycles. The van der Waals surface area contributed by atoms with Crippen LogP contribution in [-0.2, 0) is 18.4 Å². The van der Waals surface area contributed by atoms with Crippen LogP contribution in [0.2, 0.25) is 0 Å². The zero-order chi connectivity index (χ0) is 22.9. The molecule has 176 valence electrons. The summed E-state index contributed by atoms with van der Waals surface area (Å²) in [4.78, 5) is 22.9. The van der Waals surface area contributed by atoms with Crippen LogP contribution in [0.3, 0.4) is 0 Å². The smallest absolute Gasteiger partial charge is 0.306 e. The normalized spacial score (nSPS) is 14.6. The third-order valence-corrected chi connectivity index (χ3v) is 5.46. The summed E-state index contributed by atoms with van der Waals surface area (Å²) in [6, 6.07) is 0. The summed E-state index contributed by atoms with van der Waals surface area (Å²) in [6.45, 7) is 2.51. The van der Waals surface area contributed by atoms with Crippen molar-refractivity contribution < 1.29 is 32.9 Å². The largest absolute Gasteiger partial charge is 0.756 e. The first kappa shape index (κ1) is 29.1. The van der Waals surface area contributed by atoms with Gasteiger partial charge in [-0.1, -0.05) is 45.4 Å². The van der Waals surface area contributed by atoms with E-state index in [4.69, 9.17) is 14.2 Å². The highest BCUT2D eigenvalue weighted by atomic mass is 31.2. The number of hydrogen-bond donors (Lipinski definition) is 1. The fourth-order valence-corrected chi connectivity index (χ4v) is 3.91. The zero-order valence-electron chi connectivity index (χ0n) is 19.4. The molecule has 0 aromatic carbocycles. The van der Waals surface area contributed by atoms with Gasteiger partial charge in [0.1, 0.15) is 12.6 Å². The van der Waals surface area contributed by atoms with Crippen molar-refractivity contribution in [2.75, 3.05) is 34.3 Å². The Hall–Kier alpha value is -0.900. The van der Waals surface area contributed by atoms with Crippen molar-refractivity contribution in [1.82, 2.24) is 0 Å². The number of quaternary nitrogens is 1. The number of unbranched alkanes of at least 4 members (excludes halogenated alkanes) is 9. The van der Waals surface area contributed by atoms with Gasteiger partial charge < -0.3 is 23.5 Å². The summed E-state index contributed by atoms with van der Waals surface area (Å²) in [5.74, 6) is 5.32. The molecule has 0 saturated heterocycles. The summed E-state index contributed by atoms with van der Waals surface area (Å²) in [6.07, 6.45) is 10.3. The molecule has 2 atom stereocenters. The molecule has 0 aromatic rings. The number of likely N-dealkylation sites (N-methyl/N-ethyl adjacent to an activating group) is 1. The van der Waals surface area contributed by atoms with Gasteiger partial charge in [0, 0.05) is 12.8 Å². The Balaban J connectivity index is 3.90. The number of hydrogen-bond acceptors (Lipinski definition) is 5. The van der Waals surface area contributed by atoms with Crippen LogP contribution in [0.5, 0.6) is 0 Å². The second-order valence-corrected chi connectivity index (χ2v) is 10.1. The minimum Gasteiger partial charge on any atom is -0.756 e. The topological polar surface area (TPSA) is 95.9 Å². The van der Waals surface area contributed by atoms with E-state index in [1.165, 1.54) is 32.1 Å². The van der Waals surface area contributed by atoms with E-state index in [9.17, 15) is 14.3 Å². The maximum Gasteiger partial charge on any atom is 0.306 e. The first-order chi connectivity index (χ1) is 14.1. The SMILES string of the molecule is CCCCCCCC#CCCCCCCOP(=O)([O-])O[C@H](CC(=O)O)C[N+](C)(C)C. The van der Waals surface area contributed by atoms with Crippen molar-refractivity contribution in [3.8, 4) is 11.8 Å². The lowest BCUT2D eigenvalue weighted by Crippen LogP contribution is -2.43. The summed E-state index contributed by atoms with van der Waals surface area (Å²) >= 11 is 0. The number of carbonyl (C=O) groups is 1. The lowest BCUT2D eigenvalue weighted by Gasteiger charge is -2.32. The Morgan fingerprint density at radius 3 is 2.03 bits per heavy atom. The van der Waals surface area contributed by atoms with Crippen molar-refractivity contribution in [2.45, 2.75) is 90.1 Å². The molecule has 0 aliphatic rings. The lowest BCUT2D eigenvalue weighted by molar-refractivity contribution is -0.873. The van der Waals surface area contributed by atoms with Crippen LogP contribution >= 0.6 is 7.82 Å². The molecule has 0 spiro atoms. The van der Waals surface area contributed by atoms with Crippen LogP contribution in [0.4, 0.5) is 0 Å². The van der Waals surface area contributed by atoms with Gasteiger partial charge in [0.15, 0.2) is 0 Å². The Labute approximate surface area is 183 Å². The minimum absolute atomic E-state index is 0.0500. The lowest BCUT2D eigenvalue weighted by atomic mass is 10.1. The molecule has 1 N–H and O–H groups in total. The number of carboxylic acid groups (broad SMARTS) is 1. The molecule has 0 radical (unpaired) electrons. The van der Waals surface area contributed by atoms with Gasteiger partial charge in [0.25, 0.3) is 7.82 Å². The molecule has 0 saturated carbocycles. The predicted molar refractivity (Wildman–Crippen MR) is 118 cm³/mol. The Morgan fingerprint density at radius 1 is 1.00 bits per heavy atom. The van der Waals surface area contributed by atoms with Crippen LogP contribution in [0, 0.1) is 11.8 Å². The van der Waals surface area contributed by atoms with E-state index in [1.807, 2.05) is 21.1 Å². The van der Waals surface area contributed by atoms with E-state index in [-0.39, 0.29) is 19.6 Å². The molecule has 7 nitrogen and oxygen atoms in total. The van der Waals surface area contributed by atoms with Crippen molar-refractivity contribution in [2.24, 2.45) is 0 Å². The second-order valence-electron chi connectivity index (χ2n) is 8.76. The van der Waals surface area contributed by atoms with Crippen LogP contribution in [-0.4, -0.2) is 56.0 Å². The fourth-order valence-electron chi connectivity index (χ4n) is 2.99. The van der Waals surface area contributed by atoms with Gasteiger partial charge in [-0.2, -0.15) is 0 Å². The van der Waals surface area contributed by atoms with Crippen molar-refractivity contribution in [1.29, 1.82) is 0 Å². The molecule has 0 bridgehead atoms. The summed E-state index contributed by atoms with van der Waals surface area (Å²) in [5, 5.41) is 8.96. The zero-order valence-corrected chi connectivity index (χ0v) is 20.3. The fraction of sp³-hybridized carbons (Fsp3) is 0.864. The predicted octanol–water partition coefficient (Wildman–Crippen LogP) is 4.35. The highest BCUT2D eigenvalue weighted by Gasteiger charge is 2.26. The Kier molecular flexibility index (Phi) is 16.2. The average Bonchev–Trinajstić information content (AvgIpc) is 2.59. The maximum atomic E-state index is 12.0. The monoisotopic (exact) mass is 447 g/mol. The standard InChI is InChI=1S/C22H42NO6P/c1-5-6-7-8-9-10-11-12-13-14-15-16-17-18-28-30(26,27)29-21(19-22(24)25)20-23(2,3)4/h21H,5-10,13-20H2,1-4H3,(H-,24,25,26,27)/t21-/m1/s1. The van der Waals surface area contributed by atoms with Gasteiger partial charge in [-0.15, -0.1) is 11.8 Å². The second kappa shape index (κ2) is 16.8. The van der Waals surface area contributed by atoms with Gasteiger partial charge in [-0.25, -0.2) is 0 Å². The maximum absolute atomic E-state index is 12.0. The third kappa shape index (κ3) is 20.4. The van der Waals surface area contributed by atoms with E-state index in [0.29, 0.717) is 10.9 Å². The van der Waals surface area contributed by atoms with E-state index < -0.39 is 19.9 Å². The van der Waals surface area contributed by atoms with E-state index in [0.717, 1.165) is 32.1 Å².